The topological polar surface area (TPSA) is 107 Å². The minimum Gasteiger partial charge on any atom is -0.493 e. The van der Waals surface area contributed by atoms with Crippen LogP contribution in [0.4, 0.5) is 18.9 Å². The number of nitro groups is 1. The lowest BCUT2D eigenvalue weighted by molar-refractivity contribution is -0.385. The summed E-state index contributed by atoms with van der Waals surface area (Å²) in [6, 6.07) is 5.63. The number of aryl methyl sites for hydroxylation is 1. The summed E-state index contributed by atoms with van der Waals surface area (Å²) in [6.45, 7) is 1.93. The van der Waals surface area contributed by atoms with Crippen LogP contribution in [0.2, 0.25) is 5.02 Å². The van der Waals surface area contributed by atoms with Crippen molar-refractivity contribution >= 4 is 23.1 Å². The summed E-state index contributed by atoms with van der Waals surface area (Å²) in [5.41, 5.74) is -2.20. The molecule has 0 unspecified atom stereocenters. The molecule has 0 spiro atoms. The number of ketones is 1. The molecule has 0 fully saturated rings. The Bertz CT molecular complexity index is 1180. The fourth-order valence-electron chi connectivity index (χ4n) is 2.72. The molecule has 1 N–H and O–H groups in total. The van der Waals surface area contributed by atoms with Crippen LogP contribution < -0.4 is 4.74 Å². The van der Waals surface area contributed by atoms with E-state index >= 15 is 0 Å². The largest absolute Gasteiger partial charge is 0.493 e. The Labute approximate surface area is 177 Å². The molecule has 12 heteroatoms. The number of alkyl halides is 3. The van der Waals surface area contributed by atoms with Crippen molar-refractivity contribution in [1.29, 1.82) is 0 Å². The number of rotatable bonds is 6. The molecule has 3 aromatic rings. The summed E-state index contributed by atoms with van der Waals surface area (Å²) in [7, 11) is 0. The molecule has 1 heterocycles. The van der Waals surface area contributed by atoms with E-state index in [0.717, 1.165) is 41.2 Å². The fourth-order valence-corrected chi connectivity index (χ4v) is 2.94. The maximum absolute atomic E-state index is 12.8. The predicted molar refractivity (Wildman–Crippen MR) is 103 cm³/mol. The Morgan fingerprint density at radius 3 is 2.52 bits per heavy atom. The van der Waals surface area contributed by atoms with Gasteiger partial charge in [-0.15, -0.1) is 0 Å². The molecule has 0 saturated heterocycles. The molecule has 31 heavy (non-hydrogen) atoms. The van der Waals surface area contributed by atoms with Crippen LogP contribution in [-0.2, 0) is 12.7 Å². The number of hydrogen-bond donors (Lipinski definition) is 1. The lowest BCUT2D eigenvalue weighted by Crippen LogP contribution is -2.06. The first-order valence-electron chi connectivity index (χ1n) is 8.65. The van der Waals surface area contributed by atoms with Gasteiger partial charge in [0.1, 0.15) is 22.6 Å². The van der Waals surface area contributed by atoms with Gasteiger partial charge in [-0.2, -0.15) is 18.3 Å². The van der Waals surface area contributed by atoms with Crippen molar-refractivity contribution in [2.45, 2.75) is 19.6 Å². The van der Waals surface area contributed by atoms with E-state index < -0.39 is 39.6 Å². The zero-order chi connectivity index (χ0) is 22.9. The van der Waals surface area contributed by atoms with Crippen molar-refractivity contribution in [1.82, 2.24) is 9.78 Å². The SMILES string of the molecule is CCn1ncc(C(=O)c2cc(Oc3ccc(C(F)(F)F)cc3Cl)ccc2[N+](=O)[O-])c1O. The molecule has 0 amide bonds. The highest BCUT2D eigenvalue weighted by atomic mass is 35.5. The monoisotopic (exact) mass is 455 g/mol. The quantitative estimate of drug-likeness (QED) is 0.310. The number of benzene rings is 2. The number of hydrogen-bond acceptors (Lipinski definition) is 6. The third-order valence-corrected chi connectivity index (χ3v) is 4.55. The molecule has 3 rings (SSSR count). The molecule has 162 valence electrons. The van der Waals surface area contributed by atoms with Gasteiger partial charge in [0.05, 0.1) is 21.7 Å². The van der Waals surface area contributed by atoms with E-state index in [2.05, 4.69) is 5.10 Å². The average molecular weight is 456 g/mol. The molecule has 1 aromatic heterocycles. The number of nitro benzene ring substituents is 1. The smallest absolute Gasteiger partial charge is 0.416 e. The standard InChI is InChI=1S/C19H13ClF3N3O5/c1-2-25-18(28)13(9-24-25)17(27)12-8-11(4-5-15(12)26(29)30)31-16-6-3-10(7-14(16)20)19(21,22)23/h3-9,28H,2H2,1H3. The molecule has 0 bridgehead atoms. The normalized spacial score (nSPS) is 11.4. The van der Waals surface area contributed by atoms with E-state index in [9.17, 15) is 33.2 Å². The maximum atomic E-state index is 12.8. The van der Waals surface area contributed by atoms with Crippen molar-refractivity contribution in [3.05, 3.63) is 74.4 Å². The van der Waals surface area contributed by atoms with Crippen LogP contribution in [0.1, 0.15) is 28.4 Å². The molecule has 0 atom stereocenters. The van der Waals surface area contributed by atoms with Gasteiger partial charge in [-0.25, -0.2) is 4.68 Å². The summed E-state index contributed by atoms with van der Waals surface area (Å²) in [5.74, 6) is -1.58. The zero-order valence-electron chi connectivity index (χ0n) is 15.7. The van der Waals surface area contributed by atoms with Crippen molar-refractivity contribution in [3.8, 4) is 17.4 Å². The number of aromatic hydroxyl groups is 1. The summed E-state index contributed by atoms with van der Waals surface area (Å²) in [5, 5.41) is 24.9. The van der Waals surface area contributed by atoms with Gasteiger partial charge in [0.25, 0.3) is 5.69 Å². The van der Waals surface area contributed by atoms with Crippen LogP contribution in [0.5, 0.6) is 17.4 Å². The van der Waals surface area contributed by atoms with Crippen molar-refractivity contribution < 1.29 is 32.7 Å². The van der Waals surface area contributed by atoms with Gasteiger partial charge in [-0.05, 0) is 37.3 Å². The lowest BCUT2D eigenvalue weighted by atomic mass is 10.0. The lowest BCUT2D eigenvalue weighted by Gasteiger charge is -2.12. The van der Waals surface area contributed by atoms with Crippen LogP contribution in [-0.4, -0.2) is 25.6 Å². The van der Waals surface area contributed by atoms with Gasteiger partial charge in [0.15, 0.2) is 0 Å². The van der Waals surface area contributed by atoms with Gasteiger partial charge < -0.3 is 9.84 Å². The van der Waals surface area contributed by atoms with Crippen LogP contribution in [0.15, 0.2) is 42.6 Å². The minimum atomic E-state index is -4.60. The number of nitrogens with zero attached hydrogens (tertiary/aromatic N) is 3. The van der Waals surface area contributed by atoms with Crippen LogP contribution in [0.25, 0.3) is 0 Å². The fraction of sp³-hybridized carbons (Fsp3) is 0.158. The number of carbonyl (C=O) groups is 1. The Hall–Kier alpha value is -3.60. The number of aromatic nitrogens is 2. The minimum absolute atomic E-state index is 0.0852. The second-order valence-electron chi connectivity index (χ2n) is 6.21. The van der Waals surface area contributed by atoms with Crippen LogP contribution >= 0.6 is 11.6 Å². The molecular weight excluding hydrogens is 443 g/mol. The van der Waals surface area contributed by atoms with Gasteiger partial charge in [-0.3, -0.25) is 14.9 Å². The summed E-state index contributed by atoms with van der Waals surface area (Å²) < 4.78 is 44.9. The first-order valence-corrected chi connectivity index (χ1v) is 9.03. The molecule has 0 radical (unpaired) electrons. The molecule has 0 aliphatic heterocycles. The first-order chi connectivity index (χ1) is 14.5. The Balaban J connectivity index is 2.00. The van der Waals surface area contributed by atoms with Gasteiger partial charge in [0.2, 0.25) is 11.7 Å². The van der Waals surface area contributed by atoms with E-state index in [1.165, 1.54) is 0 Å². The van der Waals surface area contributed by atoms with Crippen molar-refractivity contribution in [3.63, 3.8) is 0 Å². The highest BCUT2D eigenvalue weighted by Crippen LogP contribution is 2.37. The molecule has 0 saturated carbocycles. The maximum Gasteiger partial charge on any atom is 0.416 e. The predicted octanol–water partition coefficient (Wildman–Crippen LogP) is 5.21. The van der Waals surface area contributed by atoms with E-state index in [1.807, 2.05) is 0 Å². The Morgan fingerprint density at radius 1 is 1.26 bits per heavy atom. The number of carbonyl (C=O) groups excluding carboxylic acids is 1. The van der Waals surface area contributed by atoms with E-state index in [0.29, 0.717) is 6.07 Å². The molecule has 0 aliphatic carbocycles. The molecule has 8 nitrogen and oxygen atoms in total. The second kappa shape index (κ2) is 8.26. The summed E-state index contributed by atoms with van der Waals surface area (Å²) in [4.78, 5) is 23.4. The summed E-state index contributed by atoms with van der Waals surface area (Å²) >= 11 is 5.86. The Morgan fingerprint density at radius 2 is 1.97 bits per heavy atom. The van der Waals surface area contributed by atoms with Gasteiger partial charge >= 0.3 is 6.18 Å². The molecule has 0 aliphatic rings. The highest BCUT2D eigenvalue weighted by molar-refractivity contribution is 6.32. The molecule has 2 aromatic carbocycles. The number of halogens is 4. The number of ether oxygens (including phenoxy) is 1. The van der Waals surface area contributed by atoms with E-state index in [-0.39, 0.29) is 28.6 Å². The van der Waals surface area contributed by atoms with Gasteiger partial charge in [0, 0.05) is 12.6 Å². The van der Waals surface area contributed by atoms with Crippen LogP contribution in [0, 0.1) is 10.1 Å². The highest BCUT2D eigenvalue weighted by Gasteiger charge is 2.31. The Kier molecular flexibility index (Phi) is 5.89. The first kappa shape index (κ1) is 22.1. The summed E-state index contributed by atoms with van der Waals surface area (Å²) in [6.07, 6.45) is -3.52. The van der Waals surface area contributed by atoms with Crippen molar-refractivity contribution in [2.24, 2.45) is 0 Å². The van der Waals surface area contributed by atoms with Crippen molar-refractivity contribution in [2.75, 3.05) is 0 Å². The van der Waals surface area contributed by atoms with E-state index in [4.69, 9.17) is 16.3 Å². The third-order valence-electron chi connectivity index (χ3n) is 4.25. The average Bonchev–Trinajstić information content (AvgIpc) is 3.08. The van der Waals surface area contributed by atoms with Gasteiger partial charge in [-0.1, -0.05) is 11.6 Å². The van der Waals surface area contributed by atoms with E-state index in [1.54, 1.807) is 6.92 Å². The zero-order valence-corrected chi connectivity index (χ0v) is 16.4. The third kappa shape index (κ3) is 4.45. The van der Waals surface area contributed by atoms with Crippen LogP contribution in [0.3, 0.4) is 0 Å². The molecular formula is C19H13ClF3N3O5. The second-order valence-corrected chi connectivity index (χ2v) is 6.62.